The van der Waals surface area contributed by atoms with Gasteiger partial charge in [0.2, 0.25) is 0 Å². The largest absolute Gasteiger partial charge is 0.480 e. The molecule has 3 aromatic rings. The van der Waals surface area contributed by atoms with Gasteiger partial charge in [-0.05, 0) is 37.1 Å². The molecule has 1 unspecified atom stereocenters. The number of aryl methyl sites for hydroxylation is 1. The van der Waals surface area contributed by atoms with E-state index in [4.69, 9.17) is 0 Å². The molecule has 0 aromatic heterocycles. The lowest BCUT2D eigenvalue weighted by Crippen LogP contribution is -2.44. The zero-order valence-electron chi connectivity index (χ0n) is 18.2. The zero-order valence-corrected chi connectivity index (χ0v) is 19.1. The Morgan fingerprint density at radius 2 is 1.55 bits per heavy atom. The zero-order chi connectivity index (χ0) is 22.8. The van der Waals surface area contributed by atoms with Gasteiger partial charge in [0.1, 0.15) is 6.04 Å². The van der Waals surface area contributed by atoms with Crippen molar-refractivity contribution in [2.75, 3.05) is 23.3 Å². The number of nitrogens with zero attached hydrogens (tertiary/aromatic N) is 2. The van der Waals surface area contributed by atoms with E-state index in [9.17, 15) is 18.3 Å². The molecule has 0 bridgehead atoms. The molecule has 31 heavy (non-hydrogen) atoms. The van der Waals surface area contributed by atoms with Crippen LogP contribution in [0.4, 0.5) is 11.4 Å². The number of benzene rings is 3. The summed E-state index contributed by atoms with van der Waals surface area (Å²) in [6.07, 6.45) is 1.46. The minimum absolute atomic E-state index is 0.0908. The molecule has 6 nitrogen and oxygen atoms in total. The Bertz CT molecular complexity index is 1210. The van der Waals surface area contributed by atoms with Gasteiger partial charge < -0.3 is 10.0 Å². The summed E-state index contributed by atoms with van der Waals surface area (Å²) in [5.74, 6) is -1.20. The van der Waals surface area contributed by atoms with E-state index in [1.165, 1.54) is 6.92 Å². The second-order valence-electron chi connectivity index (χ2n) is 7.72. The van der Waals surface area contributed by atoms with Crippen molar-refractivity contribution < 1.29 is 18.3 Å². The minimum atomic E-state index is -4.17. The lowest BCUT2D eigenvalue weighted by Gasteiger charge is -2.30. The van der Waals surface area contributed by atoms with Gasteiger partial charge in [0, 0.05) is 30.6 Å². The first-order chi connectivity index (χ1) is 14.7. The molecule has 0 amide bonds. The van der Waals surface area contributed by atoms with Crippen LogP contribution >= 0.6 is 0 Å². The first-order valence-corrected chi connectivity index (χ1v) is 11.7. The molecular formula is C24H28N2O4S. The molecule has 0 radical (unpaired) electrons. The second kappa shape index (κ2) is 8.98. The summed E-state index contributed by atoms with van der Waals surface area (Å²) in [4.78, 5) is 14.0. The molecule has 3 rings (SSSR count). The van der Waals surface area contributed by atoms with Crippen LogP contribution in [0, 0.1) is 0 Å². The van der Waals surface area contributed by atoms with E-state index in [-0.39, 0.29) is 4.90 Å². The number of hydrogen-bond acceptors (Lipinski definition) is 4. The summed E-state index contributed by atoms with van der Waals surface area (Å²) in [6, 6.07) is 16.4. The van der Waals surface area contributed by atoms with E-state index in [1.807, 2.05) is 56.3 Å². The average Bonchev–Trinajstić information content (AvgIpc) is 2.74. The fraction of sp³-hybridized carbons (Fsp3) is 0.292. The molecular weight excluding hydrogens is 412 g/mol. The van der Waals surface area contributed by atoms with Crippen molar-refractivity contribution in [3.63, 3.8) is 0 Å². The van der Waals surface area contributed by atoms with Gasteiger partial charge >= 0.3 is 5.97 Å². The Balaban J connectivity index is 2.31. The number of sulfonamides is 1. The molecule has 0 spiro atoms. The molecule has 0 aliphatic heterocycles. The van der Waals surface area contributed by atoms with E-state index in [1.54, 1.807) is 30.3 Å². The first-order valence-electron chi connectivity index (χ1n) is 10.2. The highest BCUT2D eigenvalue weighted by molar-refractivity contribution is 7.93. The quantitative estimate of drug-likeness (QED) is 0.557. The maximum Gasteiger partial charge on any atom is 0.327 e. The Morgan fingerprint density at radius 1 is 0.935 bits per heavy atom. The molecule has 1 N–H and O–H groups in total. The molecule has 3 aromatic carbocycles. The Hall–Kier alpha value is -3.06. The van der Waals surface area contributed by atoms with Crippen molar-refractivity contribution in [1.29, 1.82) is 0 Å². The van der Waals surface area contributed by atoms with E-state index >= 15 is 0 Å². The molecule has 7 heteroatoms. The monoisotopic (exact) mass is 440 g/mol. The number of rotatable bonds is 8. The maximum absolute atomic E-state index is 14.0. The van der Waals surface area contributed by atoms with Gasteiger partial charge in [0.15, 0.2) is 0 Å². The number of para-hydroxylation sites is 1. The van der Waals surface area contributed by atoms with E-state index in [0.717, 1.165) is 27.4 Å². The van der Waals surface area contributed by atoms with Crippen LogP contribution < -0.4 is 9.21 Å². The van der Waals surface area contributed by atoms with Crippen molar-refractivity contribution in [3.05, 3.63) is 66.2 Å². The highest BCUT2D eigenvalue weighted by atomic mass is 32.2. The van der Waals surface area contributed by atoms with Gasteiger partial charge in [0.05, 0.1) is 10.6 Å². The topological polar surface area (TPSA) is 77.9 Å². The third kappa shape index (κ3) is 4.23. The van der Waals surface area contributed by atoms with Crippen LogP contribution in [0.2, 0.25) is 0 Å². The number of fused-ring (bicyclic) bond motifs is 1. The second-order valence-corrected chi connectivity index (χ2v) is 9.50. The van der Waals surface area contributed by atoms with Crippen LogP contribution in [-0.2, 0) is 21.2 Å². The van der Waals surface area contributed by atoms with Crippen LogP contribution in [0.1, 0.15) is 25.8 Å². The Kier molecular flexibility index (Phi) is 6.55. The summed E-state index contributed by atoms with van der Waals surface area (Å²) in [5.41, 5.74) is 2.09. The van der Waals surface area contributed by atoms with Gasteiger partial charge in [-0.15, -0.1) is 0 Å². The molecule has 0 fully saturated rings. The van der Waals surface area contributed by atoms with Crippen molar-refractivity contribution in [2.45, 2.75) is 37.6 Å². The molecule has 0 heterocycles. The van der Waals surface area contributed by atoms with Gasteiger partial charge in [-0.2, -0.15) is 0 Å². The van der Waals surface area contributed by atoms with Crippen molar-refractivity contribution in [2.24, 2.45) is 0 Å². The summed E-state index contributed by atoms with van der Waals surface area (Å²) >= 11 is 0. The normalized spacial score (nSPS) is 12.5. The predicted molar refractivity (Wildman–Crippen MR) is 125 cm³/mol. The molecule has 0 saturated carbocycles. The Labute approximate surface area is 183 Å². The molecule has 164 valence electrons. The minimum Gasteiger partial charge on any atom is -0.480 e. The fourth-order valence-electron chi connectivity index (χ4n) is 3.84. The van der Waals surface area contributed by atoms with Gasteiger partial charge in [-0.25, -0.2) is 13.2 Å². The van der Waals surface area contributed by atoms with Crippen LogP contribution in [-0.4, -0.2) is 39.6 Å². The smallest absolute Gasteiger partial charge is 0.327 e. The molecule has 0 aliphatic rings. The fourth-order valence-corrected chi connectivity index (χ4v) is 5.70. The number of hydrogen-bond donors (Lipinski definition) is 1. The lowest BCUT2D eigenvalue weighted by molar-refractivity contribution is -0.137. The standard InChI is InChI=1S/C24H28N2O4S/c1-5-10-18-11-6-7-14-21(18)26(17(2)24(27)28)31(29,30)23-16-9-12-19-20(23)13-8-15-22(19)25(3)4/h6-9,11-17H,5,10H2,1-4H3,(H,27,28). The van der Waals surface area contributed by atoms with Crippen molar-refractivity contribution in [3.8, 4) is 0 Å². The average molecular weight is 441 g/mol. The number of aliphatic carboxylic acids is 1. The third-order valence-electron chi connectivity index (χ3n) is 5.34. The van der Waals surface area contributed by atoms with E-state index in [0.29, 0.717) is 17.5 Å². The van der Waals surface area contributed by atoms with Crippen molar-refractivity contribution in [1.82, 2.24) is 0 Å². The third-order valence-corrected chi connectivity index (χ3v) is 7.28. The first kappa shape index (κ1) is 22.6. The number of carboxylic acids is 1. The summed E-state index contributed by atoms with van der Waals surface area (Å²) in [6.45, 7) is 3.41. The number of anilines is 2. The van der Waals surface area contributed by atoms with Crippen LogP contribution in [0.25, 0.3) is 10.8 Å². The highest BCUT2D eigenvalue weighted by Gasteiger charge is 2.35. The summed E-state index contributed by atoms with van der Waals surface area (Å²) in [5, 5.41) is 11.1. The van der Waals surface area contributed by atoms with E-state index < -0.39 is 22.0 Å². The SMILES string of the molecule is CCCc1ccccc1N(C(C)C(=O)O)S(=O)(=O)c1cccc2c(N(C)C)cccc12. The molecule has 0 saturated heterocycles. The van der Waals surface area contributed by atoms with Crippen LogP contribution in [0.15, 0.2) is 65.6 Å². The summed E-state index contributed by atoms with van der Waals surface area (Å²) in [7, 11) is -0.377. The van der Waals surface area contributed by atoms with E-state index in [2.05, 4.69) is 0 Å². The van der Waals surface area contributed by atoms with Gasteiger partial charge in [0.25, 0.3) is 10.0 Å². The lowest BCUT2D eigenvalue weighted by atomic mass is 10.1. The Morgan fingerprint density at radius 3 is 2.19 bits per heavy atom. The predicted octanol–water partition coefficient (Wildman–Crippen LogP) is 4.53. The highest BCUT2D eigenvalue weighted by Crippen LogP contribution is 2.35. The van der Waals surface area contributed by atoms with Gasteiger partial charge in [-0.3, -0.25) is 4.31 Å². The number of carbonyl (C=O) groups is 1. The molecule has 0 aliphatic carbocycles. The van der Waals surface area contributed by atoms with Gasteiger partial charge in [-0.1, -0.05) is 55.8 Å². The van der Waals surface area contributed by atoms with Crippen LogP contribution in [0.5, 0.6) is 0 Å². The summed E-state index contributed by atoms with van der Waals surface area (Å²) < 4.78 is 29.0. The maximum atomic E-state index is 14.0. The molecule has 1 atom stereocenters. The van der Waals surface area contributed by atoms with Crippen molar-refractivity contribution >= 4 is 38.1 Å². The number of carboxylic acid groups (broad SMARTS) is 1. The van der Waals surface area contributed by atoms with Crippen LogP contribution in [0.3, 0.4) is 0 Å².